The second-order valence-electron chi connectivity index (χ2n) is 4.68. The standard InChI is InChI=1S/C15H19NS/c1-10-4-6-13(7-5-10)9-14(16)15-8-11(2)12(3)17-15/h4-8,14H,9,16H2,1-3H3. The van der Waals surface area contributed by atoms with Gasteiger partial charge in [0.25, 0.3) is 0 Å². The van der Waals surface area contributed by atoms with Crippen molar-refractivity contribution in [2.75, 3.05) is 0 Å². The number of hydrogen-bond donors (Lipinski definition) is 1. The molecule has 0 aliphatic rings. The number of thiophene rings is 1. The summed E-state index contributed by atoms with van der Waals surface area (Å²) < 4.78 is 0. The Morgan fingerprint density at radius 3 is 2.29 bits per heavy atom. The van der Waals surface area contributed by atoms with Crippen LogP contribution in [-0.4, -0.2) is 0 Å². The van der Waals surface area contributed by atoms with Crippen LogP contribution in [0.2, 0.25) is 0 Å². The van der Waals surface area contributed by atoms with Crippen LogP contribution < -0.4 is 5.73 Å². The summed E-state index contributed by atoms with van der Waals surface area (Å²) in [4.78, 5) is 2.67. The summed E-state index contributed by atoms with van der Waals surface area (Å²) in [5, 5.41) is 0. The predicted molar refractivity (Wildman–Crippen MR) is 75.6 cm³/mol. The summed E-state index contributed by atoms with van der Waals surface area (Å²) in [7, 11) is 0. The van der Waals surface area contributed by atoms with E-state index < -0.39 is 0 Å². The van der Waals surface area contributed by atoms with Crippen LogP contribution in [0, 0.1) is 20.8 Å². The Morgan fingerprint density at radius 2 is 1.76 bits per heavy atom. The van der Waals surface area contributed by atoms with Gasteiger partial charge in [-0.25, -0.2) is 0 Å². The molecule has 2 N–H and O–H groups in total. The second kappa shape index (κ2) is 5.03. The fourth-order valence-corrected chi connectivity index (χ4v) is 2.91. The first kappa shape index (κ1) is 12.3. The molecule has 1 atom stereocenters. The maximum atomic E-state index is 6.26. The lowest BCUT2D eigenvalue weighted by atomic mass is 10.0. The van der Waals surface area contributed by atoms with E-state index in [0.29, 0.717) is 0 Å². The van der Waals surface area contributed by atoms with Crippen molar-refractivity contribution < 1.29 is 0 Å². The molecule has 1 heterocycles. The minimum Gasteiger partial charge on any atom is -0.323 e. The van der Waals surface area contributed by atoms with Crippen LogP contribution in [0.15, 0.2) is 30.3 Å². The van der Waals surface area contributed by atoms with E-state index in [4.69, 9.17) is 5.73 Å². The molecule has 0 aliphatic heterocycles. The highest BCUT2D eigenvalue weighted by atomic mass is 32.1. The topological polar surface area (TPSA) is 26.0 Å². The average molecular weight is 245 g/mol. The molecular formula is C15H19NS. The van der Waals surface area contributed by atoms with Crippen molar-refractivity contribution in [1.82, 2.24) is 0 Å². The van der Waals surface area contributed by atoms with Crippen molar-refractivity contribution in [3.8, 4) is 0 Å². The summed E-state index contributed by atoms with van der Waals surface area (Å²) in [5.74, 6) is 0. The van der Waals surface area contributed by atoms with E-state index in [1.54, 1.807) is 0 Å². The molecule has 1 unspecified atom stereocenters. The van der Waals surface area contributed by atoms with Gasteiger partial charge in [0, 0.05) is 15.8 Å². The lowest BCUT2D eigenvalue weighted by molar-refractivity contribution is 0.736. The number of nitrogens with two attached hydrogens (primary N) is 1. The van der Waals surface area contributed by atoms with E-state index in [9.17, 15) is 0 Å². The van der Waals surface area contributed by atoms with Crippen LogP contribution in [0.1, 0.15) is 32.5 Å². The molecule has 1 aromatic carbocycles. The van der Waals surface area contributed by atoms with Gasteiger partial charge in [0.15, 0.2) is 0 Å². The molecule has 1 aromatic heterocycles. The van der Waals surface area contributed by atoms with E-state index in [-0.39, 0.29) is 6.04 Å². The maximum absolute atomic E-state index is 6.26. The molecule has 0 saturated heterocycles. The molecule has 0 aliphatic carbocycles. The van der Waals surface area contributed by atoms with Crippen molar-refractivity contribution in [3.05, 3.63) is 56.8 Å². The molecule has 2 heteroatoms. The maximum Gasteiger partial charge on any atom is 0.0430 e. The van der Waals surface area contributed by atoms with Gasteiger partial charge < -0.3 is 5.73 Å². The molecule has 0 spiro atoms. The Kier molecular flexibility index (Phi) is 3.65. The fourth-order valence-electron chi connectivity index (χ4n) is 1.86. The normalized spacial score (nSPS) is 12.7. The van der Waals surface area contributed by atoms with Crippen molar-refractivity contribution in [2.45, 2.75) is 33.2 Å². The largest absolute Gasteiger partial charge is 0.323 e. The summed E-state index contributed by atoms with van der Waals surface area (Å²) >= 11 is 1.82. The van der Waals surface area contributed by atoms with E-state index in [1.165, 1.54) is 26.4 Å². The number of rotatable bonds is 3. The van der Waals surface area contributed by atoms with Crippen LogP contribution in [-0.2, 0) is 6.42 Å². The van der Waals surface area contributed by atoms with Gasteiger partial charge in [0.05, 0.1) is 0 Å². The Morgan fingerprint density at radius 1 is 1.12 bits per heavy atom. The van der Waals surface area contributed by atoms with Crippen LogP contribution in [0.5, 0.6) is 0 Å². The van der Waals surface area contributed by atoms with Crippen molar-refractivity contribution in [3.63, 3.8) is 0 Å². The molecule has 0 radical (unpaired) electrons. The third kappa shape index (κ3) is 2.96. The molecular weight excluding hydrogens is 226 g/mol. The first-order valence-electron chi connectivity index (χ1n) is 5.94. The van der Waals surface area contributed by atoms with Crippen LogP contribution >= 0.6 is 11.3 Å². The van der Waals surface area contributed by atoms with Gasteiger partial charge in [-0.3, -0.25) is 0 Å². The molecule has 0 fully saturated rings. The zero-order chi connectivity index (χ0) is 12.4. The molecule has 0 amide bonds. The number of hydrogen-bond acceptors (Lipinski definition) is 2. The van der Waals surface area contributed by atoms with E-state index >= 15 is 0 Å². The van der Waals surface area contributed by atoms with E-state index in [2.05, 4.69) is 51.1 Å². The average Bonchev–Trinajstić information content (AvgIpc) is 2.63. The minimum absolute atomic E-state index is 0.120. The third-order valence-corrected chi connectivity index (χ3v) is 4.41. The Balaban J connectivity index is 2.11. The monoisotopic (exact) mass is 245 g/mol. The molecule has 2 aromatic rings. The van der Waals surface area contributed by atoms with Gasteiger partial charge in [-0.2, -0.15) is 0 Å². The highest BCUT2D eigenvalue weighted by Gasteiger charge is 2.10. The zero-order valence-corrected chi connectivity index (χ0v) is 11.5. The second-order valence-corrected chi connectivity index (χ2v) is 5.97. The zero-order valence-electron chi connectivity index (χ0n) is 10.7. The highest BCUT2D eigenvalue weighted by Crippen LogP contribution is 2.27. The van der Waals surface area contributed by atoms with Gasteiger partial charge in [-0.15, -0.1) is 11.3 Å². The Bertz CT molecular complexity index is 477. The molecule has 0 bridgehead atoms. The van der Waals surface area contributed by atoms with Crippen LogP contribution in [0.3, 0.4) is 0 Å². The summed E-state index contributed by atoms with van der Waals surface area (Å²) in [6.45, 7) is 6.41. The molecule has 1 nitrogen and oxygen atoms in total. The van der Waals surface area contributed by atoms with Crippen LogP contribution in [0.4, 0.5) is 0 Å². The van der Waals surface area contributed by atoms with Crippen molar-refractivity contribution in [2.24, 2.45) is 5.73 Å². The van der Waals surface area contributed by atoms with Gasteiger partial charge >= 0.3 is 0 Å². The first-order chi connectivity index (χ1) is 8.06. The summed E-state index contributed by atoms with van der Waals surface area (Å²) in [5.41, 5.74) is 10.2. The van der Waals surface area contributed by atoms with Crippen LogP contribution in [0.25, 0.3) is 0 Å². The smallest absolute Gasteiger partial charge is 0.0430 e. The van der Waals surface area contributed by atoms with E-state index in [0.717, 1.165) is 6.42 Å². The lowest BCUT2D eigenvalue weighted by Crippen LogP contribution is -2.11. The van der Waals surface area contributed by atoms with Gasteiger partial charge in [-0.1, -0.05) is 29.8 Å². The lowest BCUT2D eigenvalue weighted by Gasteiger charge is -2.09. The minimum atomic E-state index is 0.120. The fraction of sp³-hybridized carbons (Fsp3) is 0.333. The van der Waals surface area contributed by atoms with Gasteiger partial charge in [0.1, 0.15) is 0 Å². The van der Waals surface area contributed by atoms with Crippen molar-refractivity contribution >= 4 is 11.3 Å². The Hall–Kier alpha value is -1.12. The highest BCUT2D eigenvalue weighted by molar-refractivity contribution is 7.12. The van der Waals surface area contributed by atoms with Gasteiger partial charge in [-0.05, 0) is 44.4 Å². The molecule has 0 saturated carbocycles. The molecule has 17 heavy (non-hydrogen) atoms. The SMILES string of the molecule is Cc1ccc(CC(N)c2cc(C)c(C)s2)cc1. The van der Waals surface area contributed by atoms with E-state index in [1.807, 2.05) is 11.3 Å². The predicted octanol–water partition coefficient (Wildman–Crippen LogP) is 3.92. The summed E-state index contributed by atoms with van der Waals surface area (Å²) in [6, 6.07) is 11.0. The number of benzene rings is 1. The summed E-state index contributed by atoms with van der Waals surface area (Å²) in [6.07, 6.45) is 0.916. The third-order valence-electron chi connectivity index (χ3n) is 3.13. The number of aryl methyl sites for hydroxylation is 3. The first-order valence-corrected chi connectivity index (χ1v) is 6.76. The quantitative estimate of drug-likeness (QED) is 0.871. The molecule has 90 valence electrons. The Labute approximate surface area is 107 Å². The van der Waals surface area contributed by atoms with Gasteiger partial charge in [0.2, 0.25) is 0 Å². The van der Waals surface area contributed by atoms with Crippen molar-refractivity contribution in [1.29, 1.82) is 0 Å². The molecule has 2 rings (SSSR count).